The van der Waals surface area contributed by atoms with E-state index in [0.717, 1.165) is 16.0 Å². The topological polar surface area (TPSA) is 69.6 Å². The number of rotatable bonds is 5. The summed E-state index contributed by atoms with van der Waals surface area (Å²) in [6.07, 6.45) is 3.46. The Morgan fingerprint density at radius 3 is 2.22 bits per heavy atom. The van der Waals surface area contributed by atoms with Crippen LogP contribution < -0.4 is 4.90 Å². The van der Waals surface area contributed by atoms with E-state index in [0.29, 0.717) is 43.4 Å². The van der Waals surface area contributed by atoms with E-state index in [1.165, 1.54) is 16.2 Å². The molecular weight excluding hydrogens is 422 g/mol. The summed E-state index contributed by atoms with van der Waals surface area (Å²) in [5, 5.41) is 1.94. The summed E-state index contributed by atoms with van der Waals surface area (Å²) in [4.78, 5) is 42.0. The average Bonchev–Trinajstić information content (AvgIpc) is 3.44. The Kier molecular flexibility index (Phi) is 5.45. The predicted octanol–water partition coefficient (Wildman–Crippen LogP) is 2.95. The summed E-state index contributed by atoms with van der Waals surface area (Å²) in [5.41, 5.74) is 3.11. The van der Waals surface area contributed by atoms with Crippen molar-refractivity contribution in [1.29, 1.82) is 0 Å². The van der Waals surface area contributed by atoms with E-state index in [1.807, 2.05) is 53.6 Å². The van der Waals surface area contributed by atoms with Gasteiger partial charge in [0.25, 0.3) is 11.8 Å². The maximum atomic E-state index is 13.5. The van der Waals surface area contributed by atoms with Gasteiger partial charge in [-0.3, -0.25) is 14.5 Å². The predicted molar refractivity (Wildman–Crippen MR) is 124 cm³/mol. The Morgan fingerprint density at radius 2 is 1.56 bits per heavy atom. The lowest BCUT2D eigenvalue weighted by molar-refractivity contribution is -0.138. The minimum atomic E-state index is -0.221. The van der Waals surface area contributed by atoms with Crippen LogP contribution in [0.2, 0.25) is 0 Å². The molecule has 0 radical (unpaired) electrons. The number of nitrogens with zero attached hydrogens (tertiary/aromatic N) is 5. The zero-order valence-corrected chi connectivity index (χ0v) is 18.6. The highest BCUT2D eigenvalue weighted by Crippen LogP contribution is 2.35. The van der Waals surface area contributed by atoms with Crippen LogP contribution in [0.25, 0.3) is 5.57 Å². The fourth-order valence-electron chi connectivity index (χ4n) is 4.10. The summed E-state index contributed by atoms with van der Waals surface area (Å²) < 4.78 is 0. The Labute approximate surface area is 190 Å². The quantitative estimate of drug-likeness (QED) is 0.563. The molecule has 2 amide bonds. The average molecular weight is 446 g/mol. The minimum Gasteiger partial charge on any atom is -0.363 e. The van der Waals surface area contributed by atoms with Crippen molar-refractivity contribution >= 4 is 34.7 Å². The van der Waals surface area contributed by atoms with E-state index in [-0.39, 0.29) is 18.4 Å². The molecule has 162 valence electrons. The minimum absolute atomic E-state index is 0.219. The lowest BCUT2D eigenvalue weighted by atomic mass is 10.1. The molecule has 2 aliphatic heterocycles. The van der Waals surface area contributed by atoms with Crippen LogP contribution in [0, 0.1) is 6.92 Å². The molecule has 0 spiro atoms. The maximum absolute atomic E-state index is 13.5. The second-order valence-electron chi connectivity index (χ2n) is 7.91. The van der Waals surface area contributed by atoms with Crippen LogP contribution >= 0.6 is 11.3 Å². The van der Waals surface area contributed by atoms with E-state index < -0.39 is 0 Å². The molecule has 7 nitrogen and oxygen atoms in total. The molecule has 0 N–H and O–H groups in total. The molecule has 0 saturated carbocycles. The summed E-state index contributed by atoms with van der Waals surface area (Å²) >= 11 is 1.49. The van der Waals surface area contributed by atoms with E-state index in [4.69, 9.17) is 0 Å². The highest BCUT2D eigenvalue weighted by atomic mass is 32.1. The maximum Gasteiger partial charge on any atom is 0.278 e. The van der Waals surface area contributed by atoms with E-state index in [9.17, 15) is 9.59 Å². The van der Waals surface area contributed by atoms with Gasteiger partial charge in [0.1, 0.15) is 5.70 Å². The SMILES string of the molecule is Cc1ccc(CN2C(=O)C(c3cccs3)=C(N3CCN(c4ncccn4)CC3)C2=O)cc1. The molecule has 0 unspecified atom stereocenters. The number of benzene rings is 1. The van der Waals surface area contributed by atoms with Gasteiger partial charge in [-0.1, -0.05) is 35.9 Å². The van der Waals surface area contributed by atoms with Gasteiger partial charge in [-0.25, -0.2) is 9.97 Å². The summed E-state index contributed by atoms with van der Waals surface area (Å²) in [7, 11) is 0. The highest BCUT2D eigenvalue weighted by Gasteiger charge is 2.42. The molecule has 1 saturated heterocycles. The first-order chi connectivity index (χ1) is 15.6. The molecule has 4 heterocycles. The third kappa shape index (κ3) is 3.78. The molecule has 32 heavy (non-hydrogen) atoms. The van der Waals surface area contributed by atoms with Gasteiger partial charge in [0, 0.05) is 43.4 Å². The van der Waals surface area contributed by atoms with Crippen molar-refractivity contribution in [2.24, 2.45) is 0 Å². The van der Waals surface area contributed by atoms with Gasteiger partial charge in [-0.15, -0.1) is 11.3 Å². The van der Waals surface area contributed by atoms with E-state index >= 15 is 0 Å². The van der Waals surface area contributed by atoms with Crippen molar-refractivity contribution in [3.05, 3.63) is 81.9 Å². The zero-order valence-electron chi connectivity index (χ0n) is 17.8. The molecule has 2 aliphatic rings. The first-order valence-electron chi connectivity index (χ1n) is 10.6. The molecule has 0 bridgehead atoms. The van der Waals surface area contributed by atoms with Crippen LogP contribution in [-0.2, 0) is 16.1 Å². The molecular formula is C24H23N5O2S. The van der Waals surface area contributed by atoms with E-state index in [1.54, 1.807) is 18.5 Å². The Hall–Kier alpha value is -3.52. The van der Waals surface area contributed by atoms with Crippen LogP contribution in [0.15, 0.2) is 65.9 Å². The smallest absolute Gasteiger partial charge is 0.278 e. The number of amides is 2. The summed E-state index contributed by atoms with van der Waals surface area (Å²) in [6, 6.07) is 13.6. The van der Waals surface area contributed by atoms with Gasteiger partial charge >= 0.3 is 0 Å². The number of piperazine rings is 1. The molecule has 3 aromatic rings. The van der Waals surface area contributed by atoms with Gasteiger partial charge in [0.2, 0.25) is 5.95 Å². The van der Waals surface area contributed by atoms with Crippen molar-refractivity contribution in [3.63, 3.8) is 0 Å². The number of carbonyl (C=O) groups is 2. The number of imide groups is 1. The summed E-state index contributed by atoms with van der Waals surface area (Å²) in [5.74, 6) is 0.250. The standard InChI is InChI=1S/C24H23N5O2S/c1-17-5-7-18(8-6-17)16-29-22(30)20(19-4-2-15-32-19)21(23(29)31)27-11-13-28(14-12-27)24-25-9-3-10-26-24/h2-10,15H,11-14,16H2,1H3. The molecule has 2 aromatic heterocycles. The van der Waals surface area contributed by atoms with Gasteiger partial charge in [0.05, 0.1) is 12.1 Å². The number of anilines is 1. The van der Waals surface area contributed by atoms with Crippen LogP contribution in [-0.4, -0.2) is 57.8 Å². The summed E-state index contributed by atoms with van der Waals surface area (Å²) in [6.45, 7) is 4.91. The van der Waals surface area contributed by atoms with Crippen molar-refractivity contribution < 1.29 is 9.59 Å². The van der Waals surface area contributed by atoms with Crippen molar-refractivity contribution in [2.75, 3.05) is 31.1 Å². The number of hydrogen-bond acceptors (Lipinski definition) is 7. The molecule has 5 rings (SSSR count). The second-order valence-corrected chi connectivity index (χ2v) is 8.85. The normalized spacial score (nSPS) is 17.0. The van der Waals surface area contributed by atoms with E-state index in [2.05, 4.69) is 14.9 Å². The van der Waals surface area contributed by atoms with Gasteiger partial charge in [-0.05, 0) is 30.0 Å². The van der Waals surface area contributed by atoms with Crippen LogP contribution in [0.4, 0.5) is 5.95 Å². The highest BCUT2D eigenvalue weighted by molar-refractivity contribution is 7.11. The second kappa shape index (κ2) is 8.55. The first-order valence-corrected chi connectivity index (χ1v) is 11.5. The molecule has 0 atom stereocenters. The van der Waals surface area contributed by atoms with Crippen LogP contribution in [0.1, 0.15) is 16.0 Å². The van der Waals surface area contributed by atoms with Crippen molar-refractivity contribution in [2.45, 2.75) is 13.5 Å². The number of hydrogen-bond donors (Lipinski definition) is 0. The molecule has 1 fully saturated rings. The fourth-order valence-corrected chi connectivity index (χ4v) is 4.87. The van der Waals surface area contributed by atoms with Gasteiger partial charge in [-0.2, -0.15) is 0 Å². The molecule has 1 aromatic carbocycles. The van der Waals surface area contributed by atoms with Crippen molar-refractivity contribution in [1.82, 2.24) is 19.8 Å². The number of aromatic nitrogens is 2. The van der Waals surface area contributed by atoms with Gasteiger partial charge in [0.15, 0.2) is 0 Å². The first kappa shape index (κ1) is 20.4. The number of aryl methyl sites for hydroxylation is 1. The van der Waals surface area contributed by atoms with Gasteiger partial charge < -0.3 is 9.80 Å². The fraction of sp³-hybridized carbons (Fsp3) is 0.250. The Bertz CT molecular complexity index is 1150. The zero-order chi connectivity index (χ0) is 22.1. The Morgan fingerprint density at radius 1 is 0.875 bits per heavy atom. The monoisotopic (exact) mass is 445 g/mol. The number of thiophene rings is 1. The third-order valence-corrected chi connectivity index (χ3v) is 6.69. The van der Waals surface area contributed by atoms with Crippen molar-refractivity contribution in [3.8, 4) is 0 Å². The number of carbonyl (C=O) groups excluding carboxylic acids is 2. The lowest BCUT2D eigenvalue weighted by Crippen LogP contribution is -2.48. The molecule has 8 heteroatoms. The Balaban J connectivity index is 1.41. The third-order valence-electron chi connectivity index (χ3n) is 5.80. The lowest BCUT2D eigenvalue weighted by Gasteiger charge is -2.36. The molecule has 0 aliphatic carbocycles. The van der Waals surface area contributed by atoms with Crippen LogP contribution in [0.5, 0.6) is 0 Å². The van der Waals surface area contributed by atoms with Crippen LogP contribution in [0.3, 0.4) is 0 Å². The largest absolute Gasteiger partial charge is 0.363 e.